The number of nitrogens with two attached hydrogens (primary N) is 1. The number of hydrogen-bond donors (Lipinski definition) is 3. The van der Waals surface area contributed by atoms with Crippen molar-refractivity contribution in [3.05, 3.63) is 47.7 Å². The molecule has 1 aromatic heterocycles. The number of amides is 1. The summed E-state index contributed by atoms with van der Waals surface area (Å²) in [7, 11) is 0. The quantitative estimate of drug-likeness (QED) is 0.727. The number of nitrogens with zero attached hydrogens (tertiary/aromatic N) is 2. The second-order valence-electron chi connectivity index (χ2n) is 6.36. The molecule has 2 heterocycles. The Morgan fingerprint density at radius 1 is 1.46 bits per heavy atom. The Morgan fingerprint density at radius 3 is 2.96 bits per heavy atom. The van der Waals surface area contributed by atoms with Gasteiger partial charge in [0.15, 0.2) is 0 Å². The van der Waals surface area contributed by atoms with Crippen LogP contribution in [-0.2, 0) is 6.54 Å². The number of fused-ring (bicyclic) bond motifs is 1. The summed E-state index contributed by atoms with van der Waals surface area (Å²) in [6, 6.07) is 10.9. The third-order valence-corrected chi connectivity index (χ3v) is 4.53. The zero-order valence-corrected chi connectivity index (χ0v) is 14.0. The van der Waals surface area contributed by atoms with Crippen molar-refractivity contribution in [1.29, 1.82) is 0 Å². The molecule has 1 amide bonds. The largest absolute Gasteiger partial charge is 0.369 e. The van der Waals surface area contributed by atoms with Gasteiger partial charge in [-0.25, -0.2) is 4.68 Å². The van der Waals surface area contributed by atoms with Crippen molar-refractivity contribution < 1.29 is 4.79 Å². The topological polar surface area (TPSA) is 85.0 Å². The second kappa shape index (κ2) is 7.49. The number of carbonyl (C=O) groups is 1. The van der Waals surface area contributed by atoms with E-state index in [4.69, 9.17) is 5.73 Å². The van der Waals surface area contributed by atoms with Gasteiger partial charge in [0.25, 0.3) is 5.91 Å². The summed E-state index contributed by atoms with van der Waals surface area (Å²) in [4.78, 5) is 11.4. The first kappa shape index (κ1) is 16.5. The summed E-state index contributed by atoms with van der Waals surface area (Å²) in [6.45, 7) is 4.71. The molecule has 24 heavy (non-hydrogen) atoms. The highest BCUT2D eigenvalue weighted by atomic mass is 16.1. The molecule has 0 fully saturated rings. The molecule has 1 aliphatic heterocycles. The molecule has 0 bridgehead atoms. The number of aromatic nitrogens is 2. The molecule has 0 aliphatic carbocycles. The fraction of sp³-hybridized carbons (Fsp3) is 0.444. The Morgan fingerprint density at radius 2 is 2.25 bits per heavy atom. The van der Waals surface area contributed by atoms with E-state index in [9.17, 15) is 4.79 Å². The summed E-state index contributed by atoms with van der Waals surface area (Å²) in [5.41, 5.74) is 7.17. The number of carbonyl (C=O) groups excluding carboxylic acids is 1. The molecular formula is C18H25N5O. The maximum Gasteiger partial charge on any atom is 0.254 e. The molecule has 1 aromatic carbocycles. The molecule has 6 nitrogen and oxygen atoms in total. The number of hydrogen-bond acceptors (Lipinski definition) is 4. The van der Waals surface area contributed by atoms with Crippen molar-refractivity contribution in [2.24, 2.45) is 11.7 Å². The van der Waals surface area contributed by atoms with Gasteiger partial charge in [-0.1, -0.05) is 43.7 Å². The van der Waals surface area contributed by atoms with Gasteiger partial charge >= 0.3 is 0 Å². The standard InChI is InChI=1S/C18H25N5O/c1-2-6-16(14-7-4-3-5-8-14)20-9-13-10-21-18-15(17(19)24)11-22-23(18)12-13/h3-5,7-8,11,13,16,20-21H,2,6,9-10,12H2,1H3,(H2,19,24). The second-order valence-corrected chi connectivity index (χ2v) is 6.36. The molecule has 1 aliphatic rings. The lowest BCUT2D eigenvalue weighted by Crippen LogP contribution is -2.37. The van der Waals surface area contributed by atoms with Crippen molar-refractivity contribution in [3.8, 4) is 0 Å². The number of nitrogens with one attached hydrogen (secondary N) is 2. The normalized spacial score (nSPS) is 17.8. The lowest BCUT2D eigenvalue weighted by Gasteiger charge is -2.28. The number of rotatable bonds is 7. The highest BCUT2D eigenvalue weighted by Gasteiger charge is 2.24. The van der Waals surface area contributed by atoms with E-state index in [1.807, 2.05) is 10.7 Å². The van der Waals surface area contributed by atoms with Gasteiger partial charge in [-0.3, -0.25) is 4.79 Å². The first-order valence-corrected chi connectivity index (χ1v) is 8.56. The van der Waals surface area contributed by atoms with Gasteiger partial charge in [-0.2, -0.15) is 5.10 Å². The van der Waals surface area contributed by atoms with Crippen LogP contribution >= 0.6 is 0 Å². The van der Waals surface area contributed by atoms with Crippen LogP contribution in [0.3, 0.4) is 0 Å². The van der Waals surface area contributed by atoms with E-state index in [2.05, 4.69) is 46.9 Å². The molecule has 2 atom stereocenters. The van der Waals surface area contributed by atoms with Crippen LogP contribution in [0.25, 0.3) is 0 Å². The molecular weight excluding hydrogens is 302 g/mol. The summed E-state index contributed by atoms with van der Waals surface area (Å²) in [5.74, 6) is 0.723. The Labute approximate surface area is 142 Å². The third kappa shape index (κ3) is 3.59. The highest BCUT2D eigenvalue weighted by molar-refractivity contribution is 5.97. The summed E-state index contributed by atoms with van der Waals surface area (Å²) in [5, 5.41) is 11.3. The zero-order chi connectivity index (χ0) is 16.9. The fourth-order valence-electron chi connectivity index (χ4n) is 3.25. The molecule has 2 unspecified atom stereocenters. The number of anilines is 1. The minimum Gasteiger partial charge on any atom is -0.369 e. The van der Waals surface area contributed by atoms with Gasteiger partial charge in [-0.15, -0.1) is 0 Å². The fourth-order valence-corrected chi connectivity index (χ4v) is 3.25. The van der Waals surface area contributed by atoms with E-state index < -0.39 is 5.91 Å². The van der Waals surface area contributed by atoms with Crippen molar-refractivity contribution >= 4 is 11.7 Å². The molecule has 0 saturated heterocycles. The summed E-state index contributed by atoms with van der Waals surface area (Å²) < 4.78 is 1.84. The molecule has 0 spiro atoms. The SMILES string of the molecule is CCCC(NCC1CNc2c(C(N)=O)cnn2C1)c1ccccc1. The van der Waals surface area contributed by atoms with Crippen LogP contribution < -0.4 is 16.4 Å². The van der Waals surface area contributed by atoms with E-state index >= 15 is 0 Å². The molecule has 3 rings (SSSR count). The minimum atomic E-state index is -0.438. The van der Waals surface area contributed by atoms with E-state index in [0.29, 0.717) is 17.5 Å². The van der Waals surface area contributed by atoms with Crippen LogP contribution in [0.2, 0.25) is 0 Å². The molecule has 0 radical (unpaired) electrons. The van der Waals surface area contributed by atoms with Crippen molar-refractivity contribution in [2.45, 2.75) is 32.4 Å². The average molecular weight is 327 g/mol. The molecule has 0 saturated carbocycles. The first-order chi connectivity index (χ1) is 11.7. The van der Waals surface area contributed by atoms with Crippen LogP contribution in [0.15, 0.2) is 36.5 Å². The Hall–Kier alpha value is -2.34. The third-order valence-electron chi connectivity index (χ3n) is 4.53. The zero-order valence-electron chi connectivity index (χ0n) is 14.0. The van der Waals surface area contributed by atoms with Crippen LogP contribution in [0.1, 0.15) is 41.7 Å². The lowest BCUT2D eigenvalue weighted by atomic mass is 10.0. The van der Waals surface area contributed by atoms with Crippen molar-refractivity contribution in [1.82, 2.24) is 15.1 Å². The maximum absolute atomic E-state index is 11.4. The van der Waals surface area contributed by atoms with Gasteiger partial charge in [0, 0.05) is 31.6 Å². The van der Waals surface area contributed by atoms with Gasteiger partial charge < -0.3 is 16.4 Å². The Kier molecular flexibility index (Phi) is 5.15. The number of benzene rings is 1. The van der Waals surface area contributed by atoms with Crippen LogP contribution in [0.5, 0.6) is 0 Å². The Bertz CT molecular complexity index is 682. The highest BCUT2D eigenvalue weighted by Crippen LogP contribution is 2.23. The Balaban J connectivity index is 1.61. The van der Waals surface area contributed by atoms with Gasteiger partial charge in [0.05, 0.1) is 6.20 Å². The lowest BCUT2D eigenvalue weighted by molar-refractivity contribution is 0.100. The van der Waals surface area contributed by atoms with E-state index in [1.54, 1.807) is 6.20 Å². The van der Waals surface area contributed by atoms with Gasteiger partial charge in [0.1, 0.15) is 11.4 Å². The van der Waals surface area contributed by atoms with Gasteiger partial charge in [0.2, 0.25) is 0 Å². The van der Waals surface area contributed by atoms with E-state index in [0.717, 1.165) is 38.3 Å². The molecule has 128 valence electrons. The molecule has 2 aromatic rings. The average Bonchev–Trinajstić information content (AvgIpc) is 3.03. The van der Waals surface area contributed by atoms with E-state index in [-0.39, 0.29) is 0 Å². The van der Waals surface area contributed by atoms with Crippen LogP contribution in [0, 0.1) is 5.92 Å². The smallest absolute Gasteiger partial charge is 0.254 e. The maximum atomic E-state index is 11.4. The molecule has 4 N–H and O–H groups in total. The molecule has 6 heteroatoms. The predicted molar refractivity (Wildman–Crippen MR) is 94.8 cm³/mol. The predicted octanol–water partition coefficient (Wildman–Crippen LogP) is 2.15. The number of primary amides is 1. The van der Waals surface area contributed by atoms with Gasteiger partial charge in [-0.05, 0) is 12.0 Å². The summed E-state index contributed by atoms with van der Waals surface area (Å²) in [6.07, 6.45) is 3.80. The minimum absolute atomic E-state index is 0.372. The first-order valence-electron chi connectivity index (χ1n) is 8.56. The van der Waals surface area contributed by atoms with Crippen molar-refractivity contribution in [3.63, 3.8) is 0 Å². The van der Waals surface area contributed by atoms with Crippen molar-refractivity contribution in [2.75, 3.05) is 18.4 Å². The monoisotopic (exact) mass is 327 g/mol. The summed E-state index contributed by atoms with van der Waals surface area (Å²) >= 11 is 0. The van der Waals surface area contributed by atoms with Crippen LogP contribution in [0.4, 0.5) is 5.82 Å². The van der Waals surface area contributed by atoms with Crippen LogP contribution in [-0.4, -0.2) is 28.8 Å². The van der Waals surface area contributed by atoms with E-state index in [1.165, 1.54) is 5.56 Å².